The molecule has 10 heteroatoms. The van der Waals surface area contributed by atoms with Crippen LogP contribution in [0.25, 0.3) is 0 Å². The van der Waals surface area contributed by atoms with Gasteiger partial charge in [-0.05, 0) is 43.5 Å². The molecule has 1 aliphatic rings. The van der Waals surface area contributed by atoms with Crippen molar-refractivity contribution >= 4 is 34.5 Å². The summed E-state index contributed by atoms with van der Waals surface area (Å²) < 4.78 is 12.6. The number of carbonyl (C=O) groups is 2. The monoisotopic (exact) mass is 483 g/mol. The third kappa shape index (κ3) is 5.02. The molecule has 1 saturated heterocycles. The summed E-state index contributed by atoms with van der Waals surface area (Å²) in [7, 11) is 0. The van der Waals surface area contributed by atoms with E-state index in [0.717, 1.165) is 11.4 Å². The molecule has 1 aromatic carbocycles. The summed E-state index contributed by atoms with van der Waals surface area (Å²) in [6.45, 7) is 6.05. The number of esters is 1. The summed E-state index contributed by atoms with van der Waals surface area (Å²) >= 11 is 1.65. The third-order valence-corrected chi connectivity index (χ3v) is 6.72. The van der Waals surface area contributed by atoms with Gasteiger partial charge in [0.15, 0.2) is 6.61 Å². The summed E-state index contributed by atoms with van der Waals surface area (Å²) in [6.07, 6.45) is 0. The van der Waals surface area contributed by atoms with Crippen LogP contribution in [0.4, 0.5) is 11.4 Å². The van der Waals surface area contributed by atoms with Crippen LogP contribution in [0.2, 0.25) is 0 Å². The second kappa shape index (κ2) is 10.2. The summed E-state index contributed by atoms with van der Waals surface area (Å²) in [5.74, 6) is -1.10. The van der Waals surface area contributed by atoms with Crippen molar-refractivity contribution in [3.8, 4) is 0 Å². The lowest BCUT2D eigenvalue weighted by molar-refractivity contribution is -0.384. The van der Waals surface area contributed by atoms with Gasteiger partial charge in [0, 0.05) is 41.0 Å². The Labute approximate surface area is 200 Å². The highest BCUT2D eigenvalue weighted by Gasteiger charge is 2.24. The van der Waals surface area contributed by atoms with Crippen molar-refractivity contribution in [3.05, 3.63) is 79.3 Å². The molecule has 0 aliphatic carbocycles. The molecule has 9 nitrogen and oxygen atoms in total. The van der Waals surface area contributed by atoms with Gasteiger partial charge in [0.05, 0.1) is 30.2 Å². The van der Waals surface area contributed by atoms with Crippen molar-refractivity contribution in [1.29, 1.82) is 0 Å². The molecule has 0 N–H and O–H groups in total. The fraction of sp³-hybridized carbons (Fsp3) is 0.333. The van der Waals surface area contributed by atoms with Crippen molar-refractivity contribution in [1.82, 2.24) is 4.57 Å². The fourth-order valence-electron chi connectivity index (χ4n) is 4.05. The molecule has 0 spiro atoms. The number of aryl methyl sites for hydroxylation is 1. The average molecular weight is 484 g/mol. The standard InChI is InChI=1S/C24H25N3O6S/c1-16-12-20(17(2)26(16)14-19-4-3-11-34-19)23(28)15-33-24(29)18-5-6-21(22(13-18)27(30)31)25-7-9-32-10-8-25/h3-6,11-13H,7-10,14-15H2,1-2H3. The minimum Gasteiger partial charge on any atom is -0.454 e. The van der Waals surface area contributed by atoms with Gasteiger partial charge in [0.25, 0.3) is 5.69 Å². The number of rotatable bonds is 8. The first-order chi connectivity index (χ1) is 16.3. The quantitative estimate of drug-likeness (QED) is 0.206. The molecule has 0 saturated carbocycles. The number of aromatic nitrogens is 1. The number of Topliss-reactive ketones (excluding diaryl/α,β-unsaturated/α-hetero) is 1. The predicted octanol–water partition coefficient (Wildman–Crippen LogP) is 4.00. The van der Waals surface area contributed by atoms with E-state index >= 15 is 0 Å². The predicted molar refractivity (Wildman–Crippen MR) is 128 cm³/mol. The normalized spacial score (nSPS) is 13.6. The highest BCUT2D eigenvalue weighted by Crippen LogP contribution is 2.30. The number of anilines is 1. The molecule has 1 fully saturated rings. The summed E-state index contributed by atoms with van der Waals surface area (Å²) in [6, 6.07) is 10.0. The Balaban J connectivity index is 1.45. The Bertz CT molecular complexity index is 1210. The molecule has 0 bridgehead atoms. The number of hydrogen-bond acceptors (Lipinski definition) is 8. The van der Waals surface area contributed by atoms with Crippen molar-refractivity contribution < 1.29 is 24.0 Å². The van der Waals surface area contributed by atoms with E-state index in [0.29, 0.717) is 44.1 Å². The first-order valence-electron chi connectivity index (χ1n) is 10.9. The number of thiophene rings is 1. The van der Waals surface area contributed by atoms with E-state index in [-0.39, 0.29) is 17.0 Å². The van der Waals surface area contributed by atoms with Crippen LogP contribution in [0.1, 0.15) is 37.0 Å². The number of nitro benzene ring substituents is 1. The smallest absolute Gasteiger partial charge is 0.338 e. The average Bonchev–Trinajstić information content (AvgIpc) is 3.46. The van der Waals surface area contributed by atoms with Crippen molar-refractivity contribution in [2.45, 2.75) is 20.4 Å². The Morgan fingerprint density at radius 1 is 1.18 bits per heavy atom. The van der Waals surface area contributed by atoms with E-state index in [1.807, 2.05) is 36.3 Å². The number of morpholine rings is 1. The van der Waals surface area contributed by atoms with Gasteiger partial charge in [-0.1, -0.05) is 6.07 Å². The highest BCUT2D eigenvalue weighted by molar-refractivity contribution is 7.09. The molecule has 0 unspecified atom stereocenters. The number of carbonyl (C=O) groups excluding carboxylic acids is 2. The van der Waals surface area contributed by atoms with Gasteiger partial charge >= 0.3 is 5.97 Å². The van der Waals surface area contributed by atoms with Crippen LogP contribution in [0.15, 0.2) is 41.8 Å². The van der Waals surface area contributed by atoms with Crippen LogP contribution in [-0.4, -0.2) is 54.2 Å². The number of nitrogens with zero attached hydrogens (tertiary/aromatic N) is 3. The lowest BCUT2D eigenvalue weighted by Gasteiger charge is -2.28. The molecule has 3 aromatic rings. The molecule has 0 atom stereocenters. The molecule has 178 valence electrons. The lowest BCUT2D eigenvalue weighted by atomic mass is 10.1. The van der Waals surface area contributed by atoms with Gasteiger partial charge in [0.1, 0.15) is 5.69 Å². The number of benzene rings is 1. The van der Waals surface area contributed by atoms with E-state index in [9.17, 15) is 19.7 Å². The van der Waals surface area contributed by atoms with Gasteiger partial charge in [-0.15, -0.1) is 11.3 Å². The summed E-state index contributed by atoms with van der Waals surface area (Å²) in [5, 5.41) is 13.6. The SMILES string of the molecule is Cc1cc(C(=O)COC(=O)c2ccc(N3CCOCC3)c([N+](=O)[O-])c2)c(C)n1Cc1cccs1. The topological polar surface area (TPSA) is 104 Å². The van der Waals surface area contributed by atoms with Crippen molar-refractivity contribution in [3.63, 3.8) is 0 Å². The Morgan fingerprint density at radius 2 is 1.94 bits per heavy atom. The summed E-state index contributed by atoms with van der Waals surface area (Å²) in [4.78, 5) is 39.5. The largest absolute Gasteiger partial charge is 0.454 e. The zero-order chi connectivity index (χ0) is 24.2. The number of nitro groups is 1. The number of ether oxygens (including phenoxy) is 2. The van der Waals surface area contributed by atoms with E-state index in [1.54, 1.807) is 23.5 Å². The second-order valence-corrected chi connectivity index (χ2v) is 9.04. The highest BCUT2D eigenvalue weighted by atomic mass is 32.1. The van der Waals surface area contributed by atoms with E-state index in [4.69, 9.17) is 9.47 Å². The lowest BCUT2D eigenvalue weighted by Crippen LogP contribution is -2.36. The first kappa shape index (κ1) is 23.7. The molecule has 0 radical (unpaired) electrons. The maximum absolute atomic E-state index is 12.8. The van der Waals surface area contributed by atoms with Crippen LogP contribution >= 0.6 is 11.3 Å². The van der Waals surface area contributed by atoms with Crippen molar-refractivity contribution in [2.75, 3.05) is 37.8 Å². The van der Waals surface area contributed by atoms with Crippen LogP contribution in [0.5, 0.6) is 0 Å². The van der Waals surface area contributed by atoms with Crippen molar-refractivity contribution in [2.24, 2.45) is 0 Å². The van der Waals surface area contributed by atoms with E-state index in [1.165, 1.54) is 17.0 Å². The molecular formula is C24H25N3O6S. The maximum Gasteiger partial charge on any atom is 0.338 e. The minimum absolute atomic E-state index is 0.0275. The van der Waals surface area contributed by atoms with E-state index < -0.39 is 17.5 Å². The molecule has 0 amide bonds. The third-order valence-electron chi connectivity index (χ3n) is 5.86. The maximum atomic E-state index is 12.8. The Morgan fingerprint density at radius 3 is 2.62 bits per heavy atom. The molecule has 2 aromatic heterocycles. The molecule has 4 rings (SSSR count). The first-order valence-corrected chi connectivity index (χ1v) is 11.7. The minimum atomic E-state index is -0.780. The second-order valence-electron chi connectivity index (χ2n) is 8.01. The van der Waals surface area contributed by atoms with Gasteiger partial charge in [-0.25, -0.2) is 4.79 Å². The zero-order valence-electron chi connectivity index (χ0n) is 19.0. The number of ketones is 1. The molecule has 1 aliphatic heterocycles. The molecule has 34 heavy (non-hydrogen) atoms. The zero-order valence-corrected chi connectivity index (χ0v) is 19.8. The molecule has 3 heterocycles. The van der Waals surface area contributed by atoms with Crippen LogP contribution in [-0.2, 0) is 16.0 Å². The number of hydrogen-bond donors (Lipinski definition) is 0. The fourth-order valence-corrected chi connectivity index (χ4v) is 4.74. The van der Waals surface area contributed by atoms with Crippen LogP contribution in [0.3, 0.4) is 0 Å². The van der Waals surface area contributed by atoms with Gasteiger partial charge in [0.2, 0.25) is 5.78 Å². The van der Waals surface area contributed by atoms with Gasteiger partial charge in [-0.3, -0.25) is 14.9 Å². The summed E-state index contributed by atoms with van der Waals surface area (Å²) in [5.41, 5.74) is 2.52. The Kier molecular flexibility index (Phi) is 7.09. The molecular weight excluding hydrogens is 458 g/mol. The van der Waals surface area contributed by atoms with Crippen LogP contribution in [0, 0.1) is 24.0 Å². The Hall–Kier alpha value is -3.50. The van der Waals surface area contributed by atoms with Crippen LogP contribution < -0.4 is 4.90 Å². The van der Waals surface area contributed by atoms with E-state index in [2.05, 4.69) is 4.57 Å². The van der Waals surface area contributed by atoms with Gasteiger partial charge in [-0.2, -0.15) is 0 Å². The van der Waals surface area contributed by atoms with Gasteiger partial charge < -0.3 is 18.9 Å².